The SMILES string of the molecule is C=C[C@@]1(C(=O)OC)C[C@H]1OCC. The van der Waals surface area contributed by atoms with E-state index in [4.69, 9.17) is 4.74 Å². The second-order valence-corrected chi connectivity index (χ2v) is 2.88. The van der Waals surface area contributed by atoms with E-state index in [0.29, 0.717) is 13.0 Å². The van der Waals surface area contributed by atoms with Gasteiger partial charge in [-0.3, -0.25) is 4.79 Å². The molecule has 0 aromatic carbocycles. The van der Waals surface area contributed by atoms with E-state index in [2.05, 4.69) is 11.3 Å². The summed E-state index contributed by atoms with van der Waals surface area (Å²) < 4.78 is 9.97. The molecule has 0 aliphatic heterocycles. The zero-order valence-corrected chi connectivity index (χ0v) is 7.50. The van der Waals surface area contributed by atoms with Gasteiger partial charge in [-0.25, -0.2) is 0 Å². The van der Waals surface area contributed by atoms with Crippen molar-refractivity contribution in [2.75, 3.05) is 13.7 Å². The number of rotatable bonds is 4. The van der Waals surface area contributed by atoms with Gasteiger partial charge in [-0.1, -0.05) is 6.08 Å². The quantitative estimate of drug-likeness (QED) is 0.469. The van der Waals surface area contributed by atoms with Crippen LogP contribution < -0.4 is 0 Å². The molecule has 0 aromatic rings. The van der Waals surface area contributed by atoms with Gasteiger partial charge < -0.3 is 9.47 Å². The molecule has 12 heavy (non-hydrogen) atoms. The Morgan fingerprint density at radius 1 is 1.83 bits per heavy atom. The van der Waals surface area contributed by atoms with Gasteiger partial charge in [0.1, 0.15) is 5.41 Å². The van der Waals surface area contributed by atoms with E-state index in [1.165, 1.54) is 7.11 Å². The van der Waals surface area contributed by atoms with E-state index in [9.17, 15) is 4.79 Å². The van der Waals surface area contributed by atoms with Crippen LogP contribution in [0.1, 0.15) is 13.3 Å². The minimum atomic E-state index is -0.551. The molecule has 0 spiro atoms. The zero-order valence-electron chi connectivity index (χ0n) is 7.50. The van der Waals surface area contributed by atoms with Gasteiger partial charge >= 0.3 is 5.97 Å². The fraction of sp³-hybridized carbons (Fsp3) is 0.667. The smallest absolute Gasteiger partial charge is 0.318 e. The van der Waals surface area contributed by atoms with Crippen molar-refractivity contribution in [2.24, 2.45) is 5.41 Å². The lowest BCUT2D eigenvalue weighted by Gasteiger charge is -2.08. The van der Waals surface area contributed by atoms with Gasteiger partial charge in [0.25, 0.3) is 0 Å². The first kappa shape index (κ1) is 9.26. The van der Waals surface area contributed by atoms with Crippen LogP contribution in [0.25, 0.3) is 0 Å². The number of hydrogen-bond donors (Lipinski definition) is 0. The molecule has 0 radical (unpaired) electrons. The topological polar surface area (TPSA) is 35.5 Å². The lowest BCUT2D eigenvalue weighted by Crippen LogP contribution is -2.20. The highest BCUT2D eigenvalue weighted by atomic mass is 16.5. The number of ether oxygens (including phenoxy) is 2. The second-order valence-electron chi connectivity index (χ2n) is 2.88. The number of hydrogen-bond acceptors (Lipinski definition) is 3. The highest BCUT2D eigenvalue weighted by Crippen LogP contribution is 2.50. The maximum Gasteiger partial charge on any atom is 0.318 e. The normalized spacial score (nSPS) is 32.7. The van der Waals surface area contributed by atoms with E-state index < -0.39 is 5.41 Å². The molecule has 0 aromatic heterocycles. The Balaban J connectivity index is 2.58. The number of methoxy groups -OCH3 is 1. The molecular formula is C9H14O3. The first-order chi connectivity index (χ1) is 5.71. The highest BCUT2D eigenvalue weighted by molar-refractivity contribution is 5.83. The summed E-state index contributed by atoms with van der Waals surface area (Å²) in [5, 5.41) is 0. The molecule has 0 saturated heterocycles. The summed E-state index contributed by atoms with van der Waals surface area (Å²) in [4.78, 5) is 11.2. The third-order valence-electron chi connectivity index (χ3n) is 2.24. The van der Waals surface area contributed by atoms with Gasteiger partial charge in [0, 0.05) is 6.61 Å². The summed E-state index contributed by atoms with van der Waals surface area (Å²) in [5.41, 5.74) is -0.551. The van der Waals surface area contributed by atoms with Crippen LogP contribution in [0.4, 0.5) is 0 Å². The van der Waals surface area contributed by atoms with Crippen molar-refractivity contribution in [1.29, 1.82) is 0 Å². The summed E-state index contributed by atoms with van der Waals surface area (Å²) in [6, 6.07) is 0. The summed E-state index contributed by atoms with van der Waals surface area (Å²) in [5.74, 6) is -0.240. The highest BCUT2D eigenvalue weighted by Gasteiger charge is 2.60. The van der Waals surface area contributed by atoms with Crippen molar-refractivity contribution in [3.05, 3.63) is 12.7 Å². The Morgan fingerprint density at radius 3 is 2.92 bits per heavy atom. The van der Waals surface area contributed by atoms with Crippen molar-refractivity contribution in [1.82, 2.24) is 0 Å². The molecule has 0 N–H and O–H groups in total. The monoisotopic (exact) mass is 170 g/mol. The molecule has 68 valence electrons. The van der Waals surface area contributed by atoms with E-state index in [1.54, 1.807) is 6.08 Å². The minimum absolute atomic E-state index is 0.0209. The van der Waals surface area contributed by atoms with Crippen LogP contribution in [0, 0.1) is 5.41 Å². The second kappa shape index (κ2) is 3.27. The fourth-order valence-electron chi connectivity index (χ4n) is 1.36. The Bertz CT molecular complexity index is 200. The van der Waals surface area contributed by atoms with Crippen molar-refractivity contribution < 1.29 is 14.3 Å². The van der Waals surface area contributed by atoms with Crippen molar-refractivity contribution in [3.8, 4) is 0 Å². The van der Waals surface area contributed by atoms with Crippen LogP contribution in [0.2, 0.25) is 0 Å². The van der Waals surface area contributed by atoms with Crippen LogP contribution in [0.15, 0.2) is 12.7 Å². The summed E-state index contributed by atoms with van der Waals surface area (Å²) in [7, 11) is 1.38. The Hall–Kier alpha value is -0.830. The van der Waals surface area contributed by atoms with Gasteiger partial charge in [-0.05, 0) is 13.3 Å². The summed E-state index contributed by atoms with van der Waals surface area (Å²) in [6.07, 6.45) is 2.31. The van der Waals surface area contributed by atoms with Crippen LogP contribution in [-0.4, -0.2) is 25.8 Å². The van der Waals surface area contributed by atoms with Crippen molar-refractivity contribution >= 4 is 5.97 Å². The molecule has 1 aliphatic carbocycles. The Labute approximate surface area is 72.4 Å². The molecular weight excluding hydrogens is 156 g/mol. The maximum atomic E-state index is 11.2. The molecule has 1 saturated carbocycles. The zero-order chi connectivity index (χ0) is 9.19. The predicted molar refractivity (Wildman–Crippen MR) is 44.7 cm³/mol. The van der Waals surface area contributed by atoms with Crippen LogP contribution in [0.5, 0.6) is 0 Å². The van der Waals surface area contributed by atoms with Crippen LogP contribution >= 0.6 is 0 Å². The molecule has 0 unspecified atom stereocenters. The first-order valence-corrected chi connectivity index (χ1v) is 4.05. The molecule has 1 aliphatic rings. The molecule has 2 atom stereocenters. The van der Waals surface area contributed by atoms with E-state index in [0.717, 1.165) is 0 Å². The third kappa shape index (κ3) is 1.25. The number of carbonyl (C=O) groups is 1. The Kier molecular flexibility index (Phi) is 2.52. The standard InChI is InChI=1S/C9H14O3/c1-4-9(8(10)11-3)6-7(9)12-5-2/h4,7H,1,5-6H2,2-3H3/t7-,9-/m1/s1. The predicted octanol–water partition coefficient (Wildman–Crippen LogP) is 1.14. The van der Waals surface area contributed by atoms with E-state index in [-0.39, 0.29) is 12.1 Å². The van der Waals surface area contributed by atoms with Gasteiger partial charge in [-0.15, -0.1) is 6.58 Å². The maximum absolute atomic E-state index is 11.2. The lowest BCUT2D eigenvalue weighted by atomic mass is 10.1. The first-order valence-electron chi connectivity index (χ1n) is 4.05. The molecule has 0 bridgehead atoms. The van der Waals surface area contributed by atoms with Gasteiger partial charge in [0.15, 0.2) is 0 Å². The molecule has 3 nitrogen and oxygen atoms in total. The molecule has 1 fully saturated rings. The van der Waals surface area contributed by atoms with Crippen LogP contribution in [-0.2, 0) is 14.3 Å². The van der Waals surface area contributed by atoms with Gasteiger partial charge in [-0.2, -0.15) is 0 Å². The van der Waals surface area contributed by atoms with Crippen molar-refractivity contribution in [2.45, 2.75) is 19.4 Å². The van der Waals surface area contributed by atoms with E-state index in [1.807, 2.05) is 6.92 Å². The molecule has 1 rings (SSSR count). The Morgan fingerprint density at radius 2 is 2.50 bits per heavy atom. The third-order valence-corrected chi connectivity index (χ3v) is 2.24. The lowest BCUT2D eigenvalue weighted by molar-refractivity contribution is -0.146. The average Bonchev–Trinajstić information content (AvgIpc) is 2.79. The molecule has 3 heteroatoms. The number of esters is 1. The largest absolute Gasteiger partial charge is 0.468 e. The molecule has 0 amide bonds. The van der Waals surface area contributed by atoms with Gasteiger partial charge in [0.05, 0.1) is 13.2 Å². The average molecular weight is 170 g/mol. The van der Waals surface area contributed by atoms with Crippen molar-refractivity contribution in [3.63, 3.8) is 0 Å². The fourth-order valence-corrected chi connectivity index (χ4v) is 1.36. The van der Waals surface area contributed by atoms with Crippen LogP contribution in [0.3, 0.4) is 0 Å². The number of carbonyl (C=O) groups excluding carboxylic acids is 1. The summed E-state index contributed by atoms with van der Waals surface area (Å²) >= 11 is 0. The minimum Gasteiger partial charge on any atom is -0.468 e. The summed E-state index contributed by atoms with van der Waals surface area (Å²) in [6.45, 7) is 6.14. The van der Waals surface area contributed by atoms with E-state index >= 15 is 0 Å². The van der Waals surface area contributed by atoms with Gasteiger partial charge in [0.2, 0.25) is 0 Å². The molecule has 0 heterocycles.